The predicted octanol–water partition coefficient (Wildman–Crippen LogP) is 3.85. The average Bonchev–Trinajstić information content (AvgIpc) is 2.97. The monoisotopic (exact) mass is 242 g/mol. The Morgan fingerprint density at radius 2 is 2.18 bits per heavy atom. The summed E-state index contributed by atoms with van der Waals surface area (Å²) in [6.07, 6.45) is 2.09. The number of hydrogen-bond donors (Lipinski definition) is 1. The molecular weight excluding hydrogens is 228 g/mol. The quantitative estimate of drug-likeness (QED) is 0.738. The summed E-state index contributed by atoms with van der Waals surface area (Å²) in [7, 11) is 2.07. The van der Waals surface area contributed by atoms with E-state index >= 15 is 0 Å². The molecule has 0 atom stereocenters. The van der Waals surface area contributed by atoms with Crippen molar-refractivity contribution in [3.05, 3.63) is 52.9 Å². The predicted molar refractivity (Wildman–Crippen MR) is 74.6 cm³/mol. The molecule has 17 heavy (non-hydrogen) atoms. The Bertz CT molecular complexity index is 623. The summed E-state index contributed by atoms with van der Waals surface area (Å²) in [5.74, 6) is 0. The molecule has 86 valence electrons. The van der Waals surface area contributed by atoms with Crippen LogP contribution in [-0.2, 0) is 13.6 Å². The van der Waals surface area contributed by atoms with Crippen LogP contribution in [-0.4, -0.2) is 4.57 Å². The van der Waals surface area contributed by atoms with Crippen molar-refractivity contribution < 1.29 is 0 Å². The molecule has 3 aromatic rings. The molecule has 2 aromatic heterocycles. The van der Waals surface area contributed by atoms with Gasteiger partial charge < -0.3 is 9.88 Å². The normalized spacial score (nSPS) is 10.9. The van der Waals surface area contributed by atoms with Gasteiger partial charge in [0.2, 0.25) is 0 Å². The van der Waals surface area contributed by atoms with Gasteiger partial charge in [0.05, 0.1) is 0 Å². The van der Waals surface area contributed by atoms with Gasteiger partial charge >= 0.3 is 0 Å². The highest BCUT2D eigenvalue weighted by Gasteiger charge is 1.99. The minimum Gasteiger partial charge on any atom is -0.380 e. The Morgan fingerprint density at radius 1 is 1.24 bits per heavy atom. The van der Waals surface area contributed by atoms with Crippen LogP contribution in [0.3, 0.4) is 0 Å². The van der Waals surface area contributed by atoms with Gasteiger partial charge in [0.1, 0.15) is 0 Å². The van der Waals surface area contributed by atoms with E-state index < -0.39 is 0 Å². The van der Waals surface area contributed by atoms with E-state index in [1.54, 1.807) is 11.3 Å². The Morgan fingerprint density at radius 3 is 3.00 bits per heavy atom. The van der Waals surface area contributed by atoms with Crippen LogP contribution in [0.25, 0.3) is 10.9 Å². The lowest BCUT2D eigenvalue weighted by molar-refractivity contribution is 0.969. The lowest BCUT2D eigenvalue weighted by Crippen LogP contribution is -1.96. The third-order valence-corrected chi connectivity index (χ3v) is 3.81. The Hall–Kier alpha value is -1.74. The molecule has 1 aromatic carbocycles. The lowest BCUT2D eigenvalue weighted by Gasteiger charge is -2.05. The smallest absolute Gasteiger partial charge is 0.0494 e. The van der Waals surface area contributed by atoms with Crippen LogP contribution in [0.15, 0.2) is 48.0 Å². The van der Waals surface area contributed by atoms with Gasteiger partial charge in [-0.2, -0.15) is 0 Å². The SMILES string of the molecule is Cn1ccc2cc(NCc3cccs3)ccc21. The first kappa shape index (κ1) is 10.4. The number of hydrogen-bond acceptors (Lipinski definition) is 2. The number of aromatic nitrogens is 1. The van der Waals surface area contributed by atoms with Crippen LogP contribution in [0.1, 0.15) is 4.88 Å². The van der Waals surface area contributed by atoms with E-state index in [9.17, 15) is 0 Å². The summed E-state index contributed by atoms with van der Waals surface area (Å²) in [5, 5.41) is 6.84. The minimum atomic E-state index is 0.899. The zero-order valence-electron chi connectivity index (χ0n) is 9.68. The molecule has 0 unspecified atom stereocenters. The van der Waals surface area contributed by atoms with Crippen molar-refractivity contribution in [2.24, 2.45) is 7.05 Å². The molecule has 0 radical (unpaired) electrons. The van der Waals surface area contributed by atoms with Gasteiger partial charge in [0.25, 0.3) is 0 Å². The summed E-state index contributed by atoms with van der Waals surface area (Å²) in [5.41, 5.74) is 2.45. The maximum atomic E-state index is 3.45. The summed E-state index contributed by atoms with van der Waals surface area (Å²) in [6.45, 7) is 0.899. The first-order valence-corrected chi connectivity index (χ1v) is 6.52. The molecule has 2 heterocycles. The summed E-state index contributed by atoms with van der Waals surface area (Å²) in [6, 6.07) is 12.9. The second-order valence-corrected chi connectivity index (χ2v) is 5.17. The van der Waals surface area contributed by atoms with E-state index in [1.165, 1.54) is 21.5 Å². The molecular formula is C14H14N2S. The highest BCUT2D eigenvalue weighted by atomic mass is 32.1. The molecule has 0 bridgehead atoms. The topological polar surface area (TPSA) is 17.0 Å². The molecule has 0 amide bonds. The molecule has 0 aliphatic carbocycles. The van der Waals surface area contributed by atoms with Crippen molar-refractivity contribution in [1.82, 2.24) is 4.57 Å². The third-order valence-electron chi connectivity index (χ3n) is 2.93. The van der Waals surface area contributed by atoms with E-state index in [4.69, 9.17) is 0 Å². The van der Waals surface area contributed by atoms with Crippen LogP contribution >= 0.6 is 11.3 Å². The van der Waals surface area contributed by atoms with Gasteiger partial charge in [0.15, 0.2) is 0 Å². The van der Waals surface area contributed by atoms with Crippen molar-refractivity contribution in [1.29, 1.82) is 0 Å². The number of nitrogens with one attached hydrogen (secondary N) is 1. The van der Waals surface area contributed by atoms with Crippen LogP contribution in [0, 0.1) is 0 Å². The first-order chi connectivity index (χ1) is 8.33. The first-order valence-electron chi connectivity index (χ1n) is 5.64. The second kappa shape index (κ2) is 4.26. The molecule has 0 fully saturated rings. The molecule has 3 rings (SSSR count). The van der Waals surface area contributed by atoms with E-state index in [0.717, 1.165) is 6.54 Å². The van der Waals surface area contributed by atoms with E-state index in [-0.39, 0.29) is 0 Å². The van der Waals surface area contributed by atoms with Gasteiger partial charge in [-0.1, -0.05) is 6.07 Å². The summed E-state index contributed by atoms with van der Waals surface area (Å²) < 4.78 is 2.14. The van der Waals surface area contributed by atoms with Crippen molar-refractivity contribution in [3.8, 4) is 0 Å². The summed E-state index contributed by atoms with van der Waals surface area (Å²) >= 11 is 1.78. The maximum absolute atomic E-state index is 3.45. The van der Waals surface area contributed by atoms with Crippen LogP contribution in [0.4, 0.5) is 5.69 Å². The second-order valence-electron chi connectivity index (χ2n) is 4.13. The van der Waals surface area contributed by atoms with Gasteiger partial charge in [-0.05, 0) is 35.7 Å². The Labute approximate surface area is 105 Å². The number of nitrogens with zero attached hydrogens (tertiary/aromatic N) is 1. The highest BCUT2D eigenvalue weighted by molar-refractivity contribution is 7.09. The van der Waals surface area contributed by atoms with E-state index in [2.05, 4.69) is 64.9 Å². The highest BCUT2D eigenvalue weighted by Crippen LogP contribution is 2.20. The Kier molecular flexibility index (Phi) is 2.61. The number of benzene rings is 1. The standard InChI is InChI=1S/C14H14N2S/c1-16-7-6-11-9-12(4-5-14(11)16)15-10-13-3-2-8-17-13/h2-9,15H,10H2,1H3. The van der Waals surface area contributed by atoms with Gasteiger partial charge in [-0.3, -0.25) is 0 Å². The van der Waals surface area contributed by atoms with E-state index in [1.807, 2.05) is 0 Å². The van der Waals surface area contributed by atoms with Crippen molar-refractivity contribution in [2.45, 2.75) is 6.54 Å². The molecule has 3 heteroatoms. The molecule has 0 aliphatic heterocycles. The fourth-order valence-electron chi connectivity index (χ4n) is 1.99. The van der Waals surface area contributed by atoms with Crippen LogP contribution in [0.5, 0.6) is 0 Å². The van der Waals surface area contributed by atoms with Crippen molar-refractivity contribution in [2.75, 3.05) is 5.32 Å². The average molecular weight is 242 g/mol. The maximum Gasteiger partial charge on any atom is 0.0494 e. The Balaban J connectivity index is 1.81. The lowest BCUT2D eigenvalue weighted by atomic mass is 10.2. The number of fused-ring (bicyclic) bond motifs is 1. The molecule has 2 nitrogen and oxygen atoms in total. The summed E-state index contributed by atoms with van der Waals surface area (Å²) in [4.78, 5) is 1.36. The third kappa shape index (κ3) is 2.06. The largest absolute Gasteiger partial charge is 0.380 e. The molecule has 1 N–H and O–H groups in total. The van der Waals surface area contributed by atoms with Gasteiger partial charge in [-0.25, -0.2) is 0 Å². The molecule has 0 spiro atoms. The number of thiophene rings is 1. The van der Waals surface area contributed by atoms with Gasteiger partial charge in [-0.15, -0.1) is 11.3 Å². The van der Waals surface area contributed by atoms with Crippen LogP contribution < -0.4 is 5.32 Å². The van der Waals surface area contributed by atoms with Crippen LogP contribution in [0.2, 0.25) is 0 Å². The fourth-order valence-corrected chi connectivity index (χ4v) is 2.64. The van der Waals surface area contributed by atoms with Gasteiger partial charge in [0, 0.05) is 41.3 Å². The van der Waals surface area contributed by atoms with Crippen molar-refractivity contribution in [3.63, 3.8) is 0 Å². The van der Waals surface area contributed by atoms with E-state index in [0.29, 0.717) is 0 Å². The molecule has 0 saturated carbocycles. The zero-order chi connectivity index (χ0) is 11.7. The van der Waals surface area contributed by atoms with Crippen molar-refractivity contribution >= 4 is 27.9 Å². The zero-order valence-corrected chi connectivity index (χ0v) is 10.5. The molecule has 0 aliphatic rings. The number of anilines is 1. The molecule has 0 saturated heterocycles. The number of aryl methyl sites for hydroxylation is 1. The fraction of sp³-hybridized carbons (Fsp3) is 0.143. The number of rotatable bonds is 3. The minimum absolute atomic E-state index is 0.899.